The average Bonchev–Trinajstić information content (AvgIpc) is 2.29. The molecular formula is C16H20Ru. The van der Waals surface area contributed by atoms with Crippen molar-refractivity contribution in [3.63, 3.8) is 0 Å². The molecule has 0 saturated carbocycles. The minimum atomic E-state index is 0. The van der Waals surface area contributed by atoms with Gasteiger partial charge >= 0.3 is 0 Å². The fraction of sp³-hybridized carbons (Fsp3) is 0.375. The summed E-state index contributed by atoms with van der Waals surface area (Å²) in [5.41, 5.74) is 4.50. The molecule has 0 heterocycles. The summed E-state index contributed by atoms with van der Waals surface area (Å²) in [7, 11) is 0. The second kappa shape index (κ2) is 7.61. The molecule has 0 fully saturated rings. The Morgan fingerprint density at radius 1 is 1.00 bits per heavy atom. The van der Waals surface area contributed by atoms with Crippen LogP contribution >= 0.6 is 0 Å². The fourth-order valence-corrected chi connectivity index (χ4v) is 2.32. The Morgan fingerprint density at radius 2 is 1.76 bits per heavy atom. The Hall–Kier alpha value is -0.677. The maximum absolute atomic E-state index is 2.43. The third-order valence-corrected chi connectivity index (χ3v) is 3.22. The van der Waals surface area contributed by atoms with Gasteiger partial charge in [-0.25, -0.2) is 0 Å². The van der Waals surface area contributed by atoms with Gasteiger partial charge in [0.1, 0.15) is 0 Å². The Balaban J connectivity index is 0.00000144. The Morgan fingerprint density at radius 3 is 2.59 bits per heavy atom. The van der Waals surface area contributed by atoms with Gasteiger partial charge in [-0.15, -0.1) is 0 Å². The maximum Gasteiger partial charge on any atom is 0 e. The van der Waals surface area contributed by atoms with E-state index in [9.17, 15) is 0 Å². The topological polar surface area (TPSA) is 0 Å². The molecule has 1 aromatic rings. The Kier molecular flexibility index (Phi) is 6.44. The number of benzene rings is 1. The van der Waals surface area contributed by atoms with Crippen LogP contribution in [0.15, 0.2) is 42.5 Å². The van der Waals surface area contributed by atoms with Gasteiger partial charge in [0.05, 0.1) is 0 Å². The minimum Gasteiger partial charge on any atom is -0.0882 e. The summed E-state index contributed by atoms with van der Waals surface area (Å²) in [6.07, 6.45) is 12.9. The number of hydrogen-bond acceptors (Lipinski definition) is 0. The van der Waals surface area contributed by atoms with Crippen molar-refractivity contribution in [2.45, 2.75) is 39.0 Å². The first-order valence-corrected chi connectivity index (χ1v) is 6.34. The number of hydrogen-bond donors (Lipinski definition) is 0. The molecule has 1 heteroatoms. The van der Waals surface area contributed by atoms with Gasteiger partial charge in [-0.05, 0) is 48.8 Å². The van der Waals surface area contributed by atoms with Crippen LogP contribution in [0.2, 0.25) is 0 Å². The normalized spacial score (nSPS) is 15.5. The van der Waals surface area contributed by atoms with Crippen LogP contribution in [0.25, 0.3) is 5.57 Å². The van der Waals surface area contributed by atoms with Crippen LogP contribution in [-0.2, 0) is 25.9 Å². The largest absolute Gasteiger partial charge is 0.0882 e. The van der Waals surface area contributed by atoms with E-state index in [0.717, 1.165) is 6.42 Å². The SMILES string of the molecule is CCc1ccccc1C1=CCCC=CCC1.[Ru]. The first-order chi connectivity index (χ1) is 7.92. The third-order valence-electron chi connectivity index (χ3n) is 3.22. The number of allylic oxidation sites excluding steroid dienone is 4. The van der Waals surface area contributed by atoms with Gasteiger partial charge < -0.3 is 0 Å². The molecule has 1 aliphatic rings. The monoisotopic (exact) mass is 314 g/mol. The van der Waals surface area contributed by atoms with E-state index in [0.29, 0.717) is 0 Å². The minimum absolute atomic E-state index is 0. The molecule has 0 radical (unpaired) electrons. The summed E-state index contributed by atoms with van der Waals surface area (Å²) >= 11 is 0. The van der Waals surface area contributed by atoms with Crippen LogP contribution in [0.1, 0.15) is 43.7 Å². The zero-order valence-corrected chi connectivity index (χ0v) is 12.2. The molecule has 0 bridgehead atoms. The average molecular weight is 313 g/mol. The zero-order chi connectivity index (χ0) is 11.2. The van der Waals surface area contributed by atoms with Crippen LogP contribution in [0.4, 0.5) is 0 Å². The summed E-state index contributed by atoms with van der Waals surface area (Å²) in [5, 5.41) is 0. The van der Waals surface area contributed by atoms with E-state index in [1.807, 2.05) is 0 Å². The molecule has 0 saturated heterocycles. The molecule has 0 unspecified atom stereocenters. The molecule has 0 aliphatic heterocycles. The molecule has 92 valence electrons. The smallest absolute Gasteiger partial charge is 0 e. The predicted molar refractivity (Wildman–Crippen MR) is 71.4 cm³/mol. The summed E-state index contributed by atoms with van der Waals surface area (Å²) in [5.74, 6) is 0. The molecule has 0 N–H and O–H groups in total. The van der Waals surface area contributed by atoms with Crippen LogP contribution in [-0.4, -0.2) is 0 Å². The molecule has 0 spiro atoms. The van der Waals surface area contributed by atoms with Gasteiger partial charge in [-0.2, -0.15) is 0 Å². The Bertz CT molecular complexity index is 402. The Labute approximate surface area is 118 Å². The van der Waals surface area contributed by atoms with Crippen LogP contribution in [0, 0.1) is 0 Å². The van der Waals surface area contributed by atoms with Crippen molar-refractivity contribution in [1.82, 2.24) is 0 Å². The van der Waals surface area contributed by atoms with Gasteiger partial charge in [0.15, 0.2) is 0 Å². The molecule has 0 aromatic heterocycles. The van der Waals surface area contributed by atoms with Gasteiger partial charge in [-0.1, -0.05) is 49.4 Å². The quantitative estimate of drug-likeness (QED) is 0.545. The van der Waals surface area contributed by atoms with Crippen LogP contribution in [0.3, 0.4) is 0 Å². The summed E-state index contributed by atoms with van der Waals surface area (Å²) in [6.45, 7) is 2.24. The molecule has 0 amide bonds. The van der Waals surface area contributed by atoms with Crippen molar-refractivity contribution < 1.29 is 19.5 Å². The maximum atomic E-state index is 2.43. The second-order valence-corrected chi connectivity index (χ2v) is 4.33. The second-order valence-electron chi connectivity index (χ2n) is 4.33. The molecule has 0 nitrogen and oxygen atoms in total. The molecular weight excluding hydrogens is 293 g/mol. The molecule has 1 aliphatic carbocycles. The summed E-state index contributed by atoms with van der Waals surface area (Å²) < 4.78 is 0. The zero-order valence-electron chi connectivity index (χ0n) is 10.4. The first kappa shape index (κ1) is 14.4. The number of rotatable bonds is 2. The van der Waals surface area contributed by atoms with Gasteiger partial charge in [0.25, 0.3) is 0 Å². The van der Waals surface area contributed by atoms with Gasteiger partial charge in [-0.3, -0.25) is 0 Å². The van der Waals surface area contributed by atoms with Gasteiger partial charge in [0, 0.05) is 19.5 Å². The predicted octanol–water partition coefficient (Wildman–Crippen LogP) is 4.76. The van der Waals surface area contributed by atoms with Gasteiger partial charge in [0.2, 0.25) is 0 Å². The van der Waals surface area contributed by atoms with E-state index >= 15 is 0 Å². The van der Waals surface area contributed by atoms with E-state index in [4.69, 9.17) is 0 Å². The molecule has 0 atom stereocenters. The fourth-order valence-electron chi connectivity index (χ4n) is 2.32. The number of aryl methyl sites for hydroxylation is 1. The van der Waals surface area contributed by atoms with E-state index in [-0.39, 0.29) is 19.5 Å². The third kappa shape index (κ3) is 3.93. The van der Waals surface area contributed by atoms with Crippen LogP contribution in [0.5, 0.6) is 0 Å². The van der Waals surface area contributed by atoms with Crippen molar-refractivity contribution in [2.24, 2.45) is 0 Å². The summed E-state index contributed by atoms with van der Waals surface area (Å²) in [6, 6.07) is 8.83. The van der Waals surface area contributed by atoms with Crippen molar-refractivity contribution in [2.75, 3.05) is 0 Å². The molecule has 17 heavy (non-hydrogen) atoms. The molecule has 2 rings (SSSR count). The van der Waals surface area contributed by atoms with E-state index in [1.165, 1.54) is 36.8 Å². The van der Waals surface area contributed by atoms with Crippen LogP contribution < -0.4 is 0 Å². The van der Waals surface area contributed by atoms with Crippen molar-refractivity contribution >= 4 is 5.57 Å². The standard InChI is InChI=1S/C16H20.Ru/c1-2-14-10-8-9-13-16(14)15-11-6-4-3-5-7-12-15;/h3-4,8-10,12-13H,2,5-7,11H2,1H3;. The van der Waals surface area contributed by atoms with Crippen molar-refractivity contribution in [3.05, 3.63) is 53.6 Å². The van der Waals surface area contributed by atoms with Crippen molar-refractivity contribution in [3.8, 4) is 0 Å². The summed E-state index contributed by atoms with van der Waals surface area (Å²) in [4.78, 5) is 0. The van der Waals surface area contributed by atoms with E-state index < -0.39 is 0 Å². The van der Waals surface area contributed by atoms with E-state index in [2.05, 4.69) is 49.4 Å². The van der Waals surface area contributed by atoms with E-state index in [1.54, 1.807) is 5.57 Å². The first-order valence-electron chi connectivity index (χ1n) is 6.34. The van der Waals surface area contributed by atoms with Crippen molar-refractivity contribution in [1.29, 1.82) is 0 Å². The molecule has 1 aromatic carbocycles.